The molecule has 1 aliphatic heterocycles. The third-order valence-corrected chi connectivity index (χ3v) is 3.96. The first-order valence-corrected chi connectivity index (χ1v) is 7.10. The lowest BCUT2D eigenvalue weighted by molar-refractivity contribution is -0.0514. The van der Waals surface area contributed by atoms with E-state index in [0.29, 0.717) is 17.8 Å². The molecule has 3 atom stereocenters. The van der Waals surface area contributed by atoms with Crippen molar-refractivity contribution < 1.29 is 18.6 Å². The smallest absolute Gasteiger partial charge is 0.387 e. The highest BCUT2D eigenvalue weighted by atomic mass is 19.3. The van der Waals surface area contributed by atoms with Gasteiger partial charge in [-0.1, -0.05) is 19.9 Å². The van der Waals surface area contributed by atoms with E-state index in [9.17, 15) is 13.9 Å². The highest BCUT2D eigenvalue weighted by molar-refractivity contribution is 5.48. The third-order valence-electron chi connectivity index (χ3n) is 3.96. The number of nitrogen functional groups attached to an aromatic ring is 1. The molecule has 21 heavy (non-hydrogen) atoms. The summed E-state index contributed by atoms with van der Waals surface area (Å²) >= 11 is 0. The lowest BCUT2D eigenvalue weighted by atomic mass is 9.88. The first-order chi connectivity index (χ1) is 9.86. The van der Waals surface area contributed by atoms with Gasteiger partial charge >= 0.3 is 6.61 Å². The van der Waals surface area contributed by atoms with Crippen molar-refractivity contribution in [2.24, 2.45) is 11.8 Å². The van der Waals surface area contributed by atoms with E-state index in [1.807, 2.05) is 13.8 Å². The van der Waals surface area contributed by atoms with Crippen molar-refractivity contribution in [1.29, 1.82) is 0 Å². The Kier molecular flexibility index (Phi) is 5.00. The first-order valence-electron chi connectivity index (χ1n) is 7.10. The summed E-state index contributed by atoms with van der Waals surface area (Å²) in [6, 6.07) is 4.82. The maximum atomic E-state index is 12.5. The Hall–Kier alpha value is -1.40. The molecule has 1 unspecified atom stereocenters. The van der Waals surface area contributed by atoms with Crippen LogP contribution in [0.4, 0.5) is 14.5 Å². The van der Waals surface area contributed by atoms with Gasteiger partial charge < -0.3 is 15.6 Å². The molecular formula is C15H22F2N2O2. The molecule has 118 valence electrons. The number of hydrogen-bond donors (Lipinski definition) is 2. The molecule has 1 aliphatic rings. The zero-order chi connectivity index (χ0) is 15.6. The van der Waals surface area contributed by atoms with E-state index < -0.39 is 6.61 Å². The van der Waals surface area contributed by atoms with Gasteiger partial charge in [0.25, 0.3) is 0 Å². The minimum absolute atomic E-state index is 0.122. The Morgan fingerprint density at radius 2 is 1.95 bits per heavy atom. The van der Waals surface area contributed by atoms with Crippen molar-refractivity contribution in [3.8, 4) is 5.75 Å². The molecule has 0 spiro atoms. The fourth-order valence-electron chi connectivity index (χ4n) is 2.94. The van der Waals surface area contributed by atoms with Crippen LogP contribution >= 0.6 is 0 Å². The fraction of sp³-hybridized carbons (Fsp3) is 0.600. The van der Waals surface area contributed by atoms with E-state index in [-0.39, 0.29) is 23.7 Å². The van der Waals surface area contributed by atoms with E-state index in [4.69, 9.17) is 5.73 Å². The summed E-state index contributed by atoms with van der Waals surface area (Å²) in [6.45, 7) is 3.07. The molecule has 4 nitrogen and oxygen atoms in total. The zero-order valence-electron chi connectivity index (χ0n) is 12.3. The van der Waals surface area contributed by atoms with E-state index in [0.717, 1.165) is 13.1 Å². The van der Waals surface area contributed by atoms with Crippen LogP contribution in [0.25, 0.3) is 0 Å². The topological polar surface area (TPSA) is 58.7 Å². The van der Waals surface area contributed by atoms with Crippen molar-refractivity contribution in [2.45, 2.75) is 33.1 Å². The monoisotopic (exact) mass is 300 g/mol. The summed E-state index contributed by atoms with van der Waals surface area (Å²) in [5, 5.41) is 9.97. The van der Waals surface area contributed by atoms with Gasteiger partial charge in [-0.25, -0.2) is 0 Å². The molecule has 1 fully saturated rings. The molecule has 0 aliphatic carbocycles. The summed E-state index contributed by atoms with van der Waals surface area (Å²) in [4.78, 5) is 2.14. The Balaban J connectivity index is 2.12. The van der Waals surface area contributed by atoms with Crippen molar-refractivity contribution in [3.63, 3.8) is 0 Å². The molecule has 0 bridgehead atoms. The number of piperidine rings is 1. The van der Waals surface area contributed by atoms with Crippen LogP contribution in [0.5, 0.6) is 5.75 Å². The van der Waals surface area contributed by atoms with Gasteiger partial charge in [-0.3, -0.25) is 4.90 Å². The second kappa shape index (κ2) is 6.58. The molecule has 0 aromatic heterocycles. The zero-order valence-corrected chi connectivity index (χ0v) is 12.3. The lowest BCUT2D eigenvalue weighted by Crippen LogP contribution is -2.46. The minimum atomic E-state index is -2.87. The van der Waals surface area contributed by atoms with Gasteiger partial charge in [-0.05, 0) is 17.9 Å². The number of nitrogens with two attached hydrogens (primary N) is 1. The van der Waals surface area contributed by atoms with Gasteiger partial charge in [0.1, 0.15) is 5.75 Å². The third kappa shape index (κ3) is 4.04. The highest BCUT2D eigenvalue weighted by Gasteiger charge is 2.30. The average molecular weight is 300 g/mol. The number of hydrogen-bond acceptors (Lipinski definition) is 4. The summed E-state index contributed by atoms with van der Waals surface area (Å²) in [5.74, 6) is 0.431. The predicted octanol–water partition coefficient (Wildman–Crippen LogP) is 2.32. The maximum Gasteiger partial charge on any atom is 0.387 e. The maximum absolute atomic E-state index is 12.5. The highest BCUT2D eigenvalue weighted by Crippen LogP contribution is 2.28. The Bertz CT molecular complexity index is 473. The molecule has 0 radical (unpaired) electrons. The largest absolute Gasteiger partial charge is 0.434 e. The van der Waals surface area contributed by atoms with Crippen LogP contribution in [0.2, 0.25) is 0 Å². The Morgan fingerprint density at radius 1 is 1.33 bits per heavy atom. The predicted molar refractivity (Wildman–Crippen MR) is 77.1 cm³/mol. The standard InChI is InChI=1S/C15H22F2N2O2/c1-9-6-19(7-10(2)14(9)20)8-11-3-4-12(18)5-13(11)21-15(16)17/h3-5,9-10,14-15,20H,6-8,18H2,1-2H3/t9-,10+,14?. The number of aliphatic hydroxyl groups excluding tert-OH is 1. The van der Waals surface area contributed by atoms with Gasteiger partial charge in [0.2, 0.25) is 0 Å². The van der Waals surface area contributed by atoms with Crippen LogP contribution < -0.4 is 10.5 Å². The number of aliphatic hydroxyl groups is 1. The van der Waals surface area contributed by atoms with Gasteiger partial charge in [0.15, 0.2) is 0 Å². The van der Waals surface area contributed by atoms with E-state index >= 15 is 0 Å². The van der Waals surface area contributed by atoms with Crippen LogP contribution in [0.15, 0.2) is 18.2 Å². The van der Waals surface area contributed by atoms with Crippen molar-refractivity contribution in [3.05, 3.63) is 23.8 Å². The SMILES string of the molecule is C[C@@H]1CN(Cc2ccc(N)cc2OC(F)F)C[C@H](C)C1O. The molecule has 0 saturated carbocycles. The summed E-state index contributed by atoms with van der Waals surface area (Å²) in [6.07, 6.45) is -0.315. The van der Waals surface area contributed by atoms with Gasteiger partial charge in [0.05, 0.1) is 6.10 Å². The normalized spacial score (nSPS) is 27.0. The molecule has 1 saturated heterocycles. The number of anilines is 1. The fourth-order valence-corrected chi connectivity index (χ4v) is 2.94. The molecule has 2 rings (SSSR count). The second-order valence-corrected chi connectivity index (χ2v) is 5.88. The van der Waals surface area contributed by atoms with Gasteiger partial charge in [0, 0.05) is 37.0 Å². The van der Waals surface area contributed by atoms with E-state index in [1.54, 1.807) is 12.1 Å². The first kappa shape index (κ1) is 16.0. The van der Waals surface area contributed by atoms with Crippen LogP contribution in [-0.4, -0.2) is 35.8 Å². The molecule has 6 heteroatoms. The number of alkyl halides is 2. The van der Waals surface area contributed by atoms with Gasteiger partial charge in [-0.15, -0.1) is 0 Å². The number of ether oxygens (including phenoxy) is 1. The van der Waals surface area contributed by atoms with Crippen molar-refractivity contribution >= 4 is 5.69 Å². The Labute approximate surface area is 123 Å². The van der Waals surface area contributed by atoms with Crippen LogP contribution in [0, 0.1) is 11.8 Å². The molecule has 3 N–H and O–H groups in total. The average Bonchev–Trinajstić information content (AvgIpc) is 2.38. The molecule has 1 heterocycles. The van der Waals surface area contributed by atoms with E-state index in [1.165, 1.54) is 6.07 Å². The summed E-state index contributed by atoms with van der Waals surface area (Å²) in [7, 11) is 0. The quantitative estimate of drug-likeness (QED) is 0.838. The van der Waals surface area contributed by atoms with Crippen LogP contribution in [-0.2, 0) is 6.54 Å². The minimum Gasteiger partial charge on any atom is -0.434 e. The van der Waals surface area contributed by atoms with Crippen molar-refractivity contribution in [2.75, 3.05) is 18.8 Å². The van der Waals surface area contributed by atoms with E-state index in [2.05, 4.69) is 9.64 Å². The number of likely N-dealkylation sites (tertiary alicyclic amines) is 1. The molecule has 0 amide bonds. The van der Waals surface area contributed by atoms with Gasteiger partial charge in [-0.2, -0.15) is 8.78 Å². The Morgan fingerprint density at radius 3 is 2.52 bits per heavy atom. The molecular weight excluding hydrogens is 278 g/mol. The number of rotatable bonds is 4. The second-order valence-electron chi connectivity index (χ2n) is 5.88. The number of benzene rings is 1. The van der Waals surface area contributed by atoms with Crippen LogP contribution in [0.1, 0.15) is 19.4 Å². The lowest BCUT2D eigenvalue weighted by Gasteiger charge is -2.39. The van der Waals surface area contributed by atoms with Crippen molar-refractivity contribution in [1.82, 2.24) is 4.90 Å². The number of nitrogens with zero attached hydrogens (tertiary/aromatic N) is 1. The number of halogens is 2. The molecule has 1 aromatic carbocycles. The van der Waals surface area contributed by atoms with Crippen LogP contribution in [0.3, 0.4) is 0 Å². The summed E-state index contributed by atoms with van der Waals surface area (Å²) < 4.78 is 29.5. The summed E-state index contributed by atoms with van der Waals surface area (Å²) in [5.41, 5.74) is 6.70. The molecule has 1 aromatic rings.